The van der Waals surface area contributed by atoms with E-state index in [9.17, 15) is 22.0 Å². The van der Waals surface area contributed by atoms with Crippen molar-refractivity contribution in [1.29, 1.82) is 0 Å². The molecular weight excluding hydrogens is 410 g/mol. The molecule has 2 aromatic carbocycles. The average molecular weight is 431 g/mol. The highest BCUT2D eigenvalue weighted by molar-refractivity contribution is 7.90. The highest BCUT2D eigenvalue weighted by Gasteiger charge is 2.28. The van der Waals surface area contributed by atoms with Gasteiger partial charge in [0.25, 0.3) is 5.91 Å². The number of halogens is 3. The second-order valence-corrected chi connectivity index (χ2v) is 8.67. The third-order valence-electron chi connectivity index (χ3n) is 4.72. The SMILES string of the molecule is CS(=O)(=O)c1ccc(C(=O)NC2CNCCC2c2ccc(F)c(F)c2)cc1.Cl. The highest BCUT2D eigenvalue weighted by Crippen LogP contribution is 2.27. The maximum atomic E-state index is 13.6. The number of sulfone groups is 1. The summed E-state index contributed by atoms with van der Waals surface area (Å²) in [5.41, 5.74) is 0.963. The largest absolute Gasteiger partial charge is 0.347 e. The van der Waals surface area contributed by atoms with Crippen molar-refractivity contribution in [2.24, 2.45) is 0 Å². The fourth-order valence-electron chi connectivity index (χ4n) is 3.26. The Morgan fingerprint density at radius 3 is 2.39 bits per heavy atom. The van der Waals surface area contributed by atoms with E-state index < -0.39 is 21.5 Å². The van der Waals surface area contributed by atoms with Crippen LogP contribution in [0.5, 0.6) is 0 Å². The van der Waals surface area contributed by atoms with E-state index >= 15 is 0 Å². The van der Waals surface area contributed by atoms with Crippen LogP contribution in [0.4, 0.5) is 8.78 Å². The summed E-state index contributed by atoms with van der Waals surface area (Å²) in [7, 11) is -3.33. The molecule has 1 fully saturated rings. The maximum absolute atomic E-state index is 13.6. The Labute approximate surface area is 168 Å². The highest BCUT2D eigenvalue weighted by atomic mass is 35.5. The van der Waals surface area contributed by atoms with Crippen molar-refractivity contribution in [3.05, 3.63) is 65.2 Å². The summed E-state index contributed by atoms with van der Waals surface area (Å²) in [6, 6.07) is 9.18. The molecule has 0 aliphatic carbocycles. The van der Waals surface area contributed by atoms with Crippen LogP contribution in [0.25, 0.3) is 0 Å². The number of hydrogen-bond acceptors (Lipinski definition) is 4. The lowest BCUT2D eigenvalue weighted by atomic mass is 9.85. The Balaban J connectivity index is 0.00000280. The number of carbonyl (C=O) groups excluding carboxylic acids is 1. The minimum atomic E-state index is -3.33. The molecule has 1 aliphatic rings. The maximum Gasteiger partial charge on any atom is 0.251 e. The fourth-order valence-corrected chi connectivity index (χ4v) is 3.89. The van der Waals surface area contributed by atoms with E-state index in [2.05, 4.69) is 10.6 Å². The third-order valence-corrected chi connectivity index (χ3v) is 5.84. The molecule has 2 N–H and O–H groups in total. The number of hydrogen-bond donors (Lipinski definition) is 2. The van der Waals surface area contributed by atoms with E-state index in [1.54, 1.807) is 0 Å². The molecule has 0 bridgehead atoms. The predicted molar refractivity (Wildman–Crippen MR) is 105 cm³/mol. The van der Waals surface area contributed by atoms with Crippen LogP contribution in [0.3, 0.4) is 0 Å². The molecule has 3 rings (SSSR count). The molecule has 2 aromatic rings. The lowest BCUT2D eigenvalue weighted by Gasteiger charge is -2.33. The minimum Gasteiger partial charge on any atom is -0.347 e. The van der Waals surface area contributed by atoms with Gasteiger partial charge in [-0.2, -0.15) is 0 Å². The quantitative estimate of drug-likeness (QED) is 0.782. The van der Waals surface area contributed by atoms with Gasteiger partial charge in [0.05, 0.1) is 4.90 Å². The van der Waals surface area contributed by atoms with Crippen molar-refractivity contribution in [3.63, 3.8) is 0 Å². The zero-order valence-corrected chi connectivity index (χ0v) is 16.7. The van der Waals surface area contributed by atoms with E-state index in [4.69, 9.17) is 0 Å². The Morgan fingerprint density at radius 2 is 1.79 bits per heavy atom. The van der Waals surface area contributed by atoms with Crippen LogP contribution in [-0.4, -0.2) is 39.7 Å². The van der Waals surface area contributed by atoms with Crippen LogP contribution in [0.1, 0.15) is 28.3 Å². The van der Waals surface area contributed by atoms with Crippen molar-refractivity contribution in [3.8, 4) is 0 Å². The van der Waals surface area contributed by atoms with Crippen molar-refractivity contribution < 1.29 is 22.0 Å². The second-order valence-electron chi connectivity index (χ2n) is 6.65. The van der Waals surface area contributed by atoms with Gasteiger partial charge in [-0.05, 0) is 54.9 Å². The topological polar surface area (TPSA) is 75.3 Å². The summed E-state index contributed by atoms with van der Waals surface area (Å²) in [5, 5.41) is 6.09. The summed E-state index contributed by atoms with van der Waals surface area (Å²) in [5.74, 6) is -2.32. The number of nitrogens with one attached hydrogen (secondary N) is 2. The summed E-state index contributed by atoms with van der Waals surface area (Å²) in [4.78, 5) is 12.7. The molecule has 2 atom stereocenters. The van der Waals surface area contributed by atoms with E-state index in [1.807, 2.05) is 0 Å². The van der Waals surface area contributed by atoms with E-state index in [0.717, 1.165) is 12.3 Å². The molecule has 1 heterocycles. The number of piperidine rings is 1. The van der Waals surface area contributed by atoms with Gasteiger partial charge in [-0.15, -0.1) is 12.4 Å². The van der Waals surface area contributed by atoms with Crippen LogP contribution >= 0.6 is 12.4 Å². The first kappa shape index (κ1) is 22.3. The number of amides is 1. The van der Waals surface area contributed by atoms with Gasteiger partial charge in [0.1, 0.15) is 0 Å². The molecular formula is C19H21ClF2N2O3S. The number of rotatable bonds is 4. The van der Waals surface area contributed by atoms with Gasteiger partial charge in [-0.1, -0.05) is 6.07 Å². The molecule has 0 aromatic heterocycles. The molecule has 1 saturated heterocycles. The first-order chi connectivity index (χ1) is 12.8. The number of benzene rings is 2. The summed E-state index contributed by atoms with van der Waals surface area (Å²) in [6.07, 6.45) is 1.77. The molecule has 0 spiro atoms. The molecule has 2 unspecified atom stereocenters. The molecule has 5 nitrogen and oxygen atoms in total. The third kappa shape index (κ3) is 5.06. The zero-order valence-electron chi connectivity index (χ0n) is 15.1. The zero-order chi connectivity index (χ0) is 19.6. The molecule has 0 radical (unpaired) electrons. The Hall–Kier alpha value is -2.03. The normalized spacial score (nSPS) is 19.5. The Morgan fingerprint density at radius 1 is 1.11 bits per heavy atom. The van der Waals surface area contributed by atoms with Crippen molar-refractivity contribution >= 4 is 28.2 Å². The standard InChI is InChI=1S/C19H20F2N2O3S.ClH/c1-27(25,26)14-5-2-12(3-6-14)19(24)23-18-11-22-9-8-15(18)13-4-7-16(20)17(21)10-13;/h2-7,10,15,18,22H,8-9,11H2,1H3,(H,23,24);1H. The summed E-state index contributed by atoms with van der Waals surface area (Å²) in [6.45, 7) is 1.20. The van der Waals surface area contributed by atoms with Gasteiger partial charge in [0.2, 0.25) is 0 Å². The van der Waals surface area contributed by atoms with Gasteiger partial charge < -0.3 is 10.6 Å². The monoisotopic (exact) mass is 430 g/mol. The minimum absolute atomic E-state index is 0. The molecule has 152 valence electrons. The smallest absolute Gasteiger partial charge is 0.251 e. The lowest BCUT2D eigenvalue weighted by Crippen LogP contribution is -2.50. The molecule has 1 aliphatic heterocycles. The molecule has 0 saturated carbocycles. The van der Waals surface area contributed by atoms with Gasteiger partial charge in [-0.25, -0.2) is 17.2 Å². The first-order valence-electron chi connectivity index (χ1n) is 8.52. The second kappa shape index (κ2) is 8.98. The lowest BCUT2D eigenvalue weighted by molar-refractivity contribution is 0.0924. The van der Waals surface area contributed by atoms with Gasteiger partial charge in [-0.3, -0.25) is 4.79 Å². The van der Waals surface area contributed by atoms with Crippen LogP contribution in [0.15, 0.2) is 47.4 Å². The van der Waals surface area contributed by atoms with Gasteiger partial charge >= 0.3 is 0 Å². The van der Waals surface area contributed by atoms with Gasteiger partial charge in [0.15, 0.2) is 21.5 Å². The van der Waals surface area contributed by atoms with Crippen LogP contribution in [0.2, 0.25) is 0 Å². The molecule has 1 amide bonds. The van der Waals surface area contributed by atoms with E-state index in [0.29, 0.717) is 30.6 Å². The summed E-state index contributed by atoms with van der Waals surface area (Å²) >= 11 is 0. The number of carbonyl (C=O) groups is 1. The Bertz CT molecular complexity index is 952. The summed E-state index contributed by atoms with van der Waals surface area (Å²) < 4.78 is 49.8. The van der Waals surface area contributed by atoms with Crippen molar-refractivity contribution in [2.45, 2.75) is 23.3 Å². The van der Waals surface area contributed by atoms with Gasteiger partial charge in [0, 0.05) is 30.3 Å². The van der Waals surface area contributed by atoms with Crippen LogP contribution < -0.4 is 10.6 Å². The van der Waals surface area contributed by atoms with Crippen LogP contribution in [-0.2, 0) is 9.84 Å². The van der Waals surface area contributed by atoms with Crippen LogP contribution in [0, 0.1) is 11.6 Å². The Kier molecular flexibility index (Phi) is 7.14. The first-order valence-corrected chi connectivity index (χ1v) is 10.4. The molecule has 9 heteroatoms. The van der Waals surface area contributed by atoms with E-state index in [-0.39, 0.29) is 35.2 Å². The fraction of sp³-hybridized carbons (Fsp3) is 0.316. The average Bonchev–Trinajstić information content (AvgIpc) is 2.64. The van der Waals surface area contributed by atoms with E-state index in [1.165, 1.54) is 36.4 Å². The van der Waals surface area contributed by atoms with Crippen molar-refractivity contribution in [2.75, 3.05) is 19.3 Å². The van der Waals surface area contributed by atoms with Crippen molar-refractivity contribution in [1.82, 2.24) is 10.6 Å². The molecule has 28 heavy (non-hydrogen) atoms. The predicted octanol–water partition coefficient (Wildman–Crippen LogP) is 2.67.